The van der Waals surface area contributed by atoms with E-state index in [-0.39, 0.29) is 17.7 Å². The van der Waals surface area contributed by atoms with Crippen LogP contribution in [0, 0.1) is 0 Å². The van der Waals surface area contributed by atoms with Crippen molar-refractivity contribution in [3.8, 4) is 0 Å². The molecule has 0 atom stereocenters. The number of ether oxygens (including phenoxy) is 1. The highest BCUT2D eigenvalue weighted by molar-refractivity contribution is 6.22. The second kappa shape index (κ2) is 5.70. The second-order valence-corrected chi connectivity index (χ2v) is 4.34. The molecule has 0 fully saturated rings. The van der Waals surface area contributed by atoms with Crippen molar-refractivity contribution < 1.29 is 19.1 Å². The van der Waals surface area contributed by atoms with Gasteiger partial charge in [0.1, 0.15) is 6.54 Å². The zero-order chi connectivity index (χ0) is 14.7. The number of imide groups is 1. The van der Waals surface area contributed by atoms with Gasteiger partial charge in [0.25, 0.3) is 11.8 Å². The summed E-state index contributed by atoms with van der Waals surface area (Å²) in [6.07, 6.45) is 0. The molecule has 0 aliphatic carbocycles. The lowest BCUT2D eigenvalue weighted by atomic mass is 10.1. The molecule has 1 aromatic rings. The van der Waals surface area contributed by atoms with Crippen LogP contribution in [0.3, 0.4) is 0 Å². The van der Waals surface area contributed by atoms with Crippen molar-refractivity contribution in [2.24, 2.45) is 0 Å². The average molecular weight is 277 g/mol. The van der Waals surface area contributed by atoms with E-state index in [4.69, 9.17) is 10.5 Å². The Morgan fingerprint density at radius 1 is 1.30 bits per heavy atom. The van der Waals surface area contributed by atoms with Gasteiger partial charge in [0.05, 0.1) is 17.7 Å². The number of nitrogens with zero attached hydrogens (tertiary/aromatic N) is 1. The first-order valence-electron chi connectivity index (χ1n) is 6.06. The molecule has 3 amide bonds. The first-order chi connectivity index (χ1) is 9.54. The summed E-state index contributed by atoms with van der Waals surface area (Å²) < 4.78 is 4.79. The predicted octanol–water partition coefficient (Wildman–Crippen LogP) is -0.373. The lowest BCUT2D eigenvalue weighted by molar-refractivity contribution is -0.121. The molecular weight excluding hydrogens is 262 g/mol. The van der Waals surface area contributed by atoms with E-state index >= 15 is 0 Å². The highest BCUT2D eigenvalue weighted by atomic mass is 16.5. The lowest BCUT2D eigenvalue weighted by Gasteiger charge is -2.13. The monoisotopic (exact) mass is 277 g/mol. The molecule has 2 rings (SSSR count). The summed E-state index contributed by atoms with van der Waals surface area (Å²) >= 11 is 0. The van der Waals surface area contributed by atoms with Gasteiger partial charge in [-0.1, -0.05) is 0 Å². The Morgan fingerprint density at radius 2 is 2.00 bits per heavy atom. The number of anilines is 1. The lowest BCUT2D eigenvalue weighted by Crippen LogP contribution is -2.41. The number of nitrogens with two attached hydrogens (primary N) is 1. The van der Waals surface area contributed by atoms with Gasteiger partial charge in [-0.15, -0.1) is 0 Å². The average Bonchev–Trinajstić information content (AvgIpc) is 2.64. The van der Waals surface area contributed by atoms with Crippen LogP contribution in [-0.2, 0) is 9.53 Å². The molecule has 1 aliphatic rings. The van der Waals surface area contributed by atoms with Crippen molar-refractivity contribution in [2.75, 3.05) is 32.5 Å². The van der Waals surface area contributed by atoms with Gasteiger partial charge in [0.15, 0.2) is 0 Å². The topological polar surface area (TPSA) is 102 Å². The second-order valence-electron chi connectivity index (χ2n) is 4.34. The number of carbonyl (C=O) groups excluding carboxylic acids is 3. The zero-order valence-corrected chi connectivity index (χ0v) is 11.0. The molecule has 0 unspecified atom stereocenters. The molecule has 0 aromatic heterocycles. The van der Waals surface area contributed by atoms with Crippen molar-refractivity contribution in [3.05, 3.63) is 29.3 Å². The van der Waals surface area contributed by atoms with Crippen LogP contribution in [0.2, 0.25) is 0 Å². The standard InChI is InChI=1S/C13H15N3O4/c1-20-5-4-15-11(17)7-16-12(18)9-3-2-8(14)6-10(9)13(16)19/h2-3,6H,4-5,7,14H2,1H3,(H,15,17). The maximum absolute atomic E-state index is 12.1. The molecule has 3 N–H and O–H groups in total. The van der Waals surface area contributed by atoms with Crippen LogP contribution >= 0.6 is 0 Å². The van der Waals surface area contributed by atoms with E-state index in [2.05, 4.69) is 5.32 Å². The highest BCUT2D eigenvalue weighted by Crippen LogP contribution is 2.24. The van der Waals surface area contributed by atoms with Crippen LogP contribution in [0.5, 0.6) is 0 Å². The maximum atomic E-state index is 12.1. The number of fused-ring (bicyclic) bond motifs is 1. The number of rotatable bonds is 5. The van der Waals surface area contributed by atoms with Crippen molar-refractivity contribution in [1.82, 2.24) is 10.2 Å². The Balaban J connectivity index is 2.07. The van der Waals surface area contributed by atoms with E-state index in [1.54, 1.807) is 6.07 Å². The highest BCUT2D eigenvalue weighted by Gasteiger charge is 2.36. The molecule has 0 saturated carbocycles. The van der Waals surface area contributed by atoms with Crippen LogP contribution in [0.4, 0.5) is 5.69 Å². The summed E-state index contributed by atoms with van der Waals surface area (Å²) in [7, 11) is 1.51. The normalized spacial score (nSPS) is 13.6. The Labute approximate surface area is 115 Å². The summed E-state index contributed by atoms with van der Waals surface area (Å²) in [5.74, 6) is -1.39. The molecule has 1 heterocycles. The van der Waals surface area contributed by atoms with Gasteiger partial charge >= 0.3 is 0 Å². The number of hydrogen-bond acceptors (Lipinski definition) is 5. The minimum atomic E-state index is -0.501. The van der Waals surface area contributed by atoms with Gasteiger partial charge in [-0.05, 0) is 18.2 Å². The largest absolute Gasteiger partial charge is 0.399 e. The van der Waals surface area contributed by atoms with Crippen LogP contribution in [-0.4, -0.2) is 49.4 Å². The minimum absolute atomic E-state index is 0.236. The fraction of sp³-hybridized carbons (Fsp3) is 0.308. The van der Waals surface area contributed by atoms with Crippen molar-refractivity contribution >= 4 is 23.4 Å². The summed E-state index contributed by atoms with van der Waals surface area (Å²) in [5.41, 5.74) is 6.50. The zero-order valence-electron chi connectivity index (χ0n) is 11.0. The summed E-state index contributed by atoms with van der Waals surface area (Å²) in [5, 5.41) is 2.55. The molecule has 0 spiro atoms. The van der Waals surface area contributed by atoms with Gasteiger partial charge in [0, 0.05) is 19.3 Å². The fourth-order valence-electron chi connectivity index (χ4n) is 1.94. The fourth-order valence-corrected chi connectivity index (χ4v) is 1.94. The Kier molecular flexibility index (Phi) is 3.99. The SMILES string of the molecule is COCCNC(=O)CN1C(=O)c2ccc(N)cc2C1=O. The summed E-state index contributed by atoms with van der Waals surface area (Å²) in [4.78, 5) is 36.7. The van der Waals surface area contributed by atoms with Crippen molar-refractivity contribution in [2.45, 2.75) is 0 Å². The first kappa shape index (κ1) is 14.0. The third-order valence-electron chi connectivity index (χ3n) is 2.92. The van der Waals surface area contributed by atoms with E-state index in [0.29, 0.717) is 18.8 Å². The van der Waals surface area contributed by atoms with Gasteiger partial charge in [0.2, 0.25) is 5.91 Å². The molecule has 7 heteroatoms. The molecule has 1 aromatic carbocycles. The number of nitrogens with one attached hydrogen (secondary N) is 1. The Bertz CT molecular complexity index is 571. The van der Waals surface area contributed by atoms with Crippen molar-refractivity contribution in [1.29, 1.82) is 0 Å². The van der Waals surface area contributed by atoms with E-state index in [1.165, 1.54) is 19.2 Å². The third kappa shape index (κ3) is 2.62. The van der Waals surface area contributed by atoms with E-state index in [1.807, 2.05) is 0 Å². The summed E-state index contributed by atoms with van der Waals surface area (Å²) in [6.45, 7) is 0.381. The molecule has 20 heavy (non-hydrogen) atoms. The quantitative estimate of drug-likeness (QED) is 0.434. The van der Waals surface area contributed by atoms with Gasteiger partial charge in [-0.25, -0.2) is 0 Å². The van der Waals surface area contributed by atoms with Gasteiger partial charge in [-0.2, -0.15) is 0 Å². The van der Waals surface area contributed by atoms with Crippen LogP contribution in [0.15, 0.2) is 18.2 Å². The molecular formula is C13H15N3O4. The number of methoxy groups -OCH3 is 1. The van der Waals surface area contributed by atoms with Crippen molar-refractivity contribution in [3.63, 3.8) is 0 Å². The predicted molar refractivity (Wildman–Crippen MR) is 71.1 cm³/mol. The summed E-state index contributed by atoms with van der Waals surface area (Å²) in [6, 6.07) is 4.48. The smallest absolute Gasteiger partial charge is 0.262 e. The van der Waals surface area contributed by atoms with Gasteiger partial charge < -0.3 is 15.8 Å². The molecule has 1 aliphatic heterocycles. The number of nitrogen functional groups attached to an aromatic ring is 1. The Morgan fingerprint density at radius 3 is 2.70 bits per heavy atom. The number of amides is 3. The molecule has 0 saturated heterocycles. The molecule has 0 radical (unpaired) electrons. The van der Waals surface area contributed by atoms with Gasteiger partial charge in [-0.3, -0.25) is 19.3 Å². The van der Waals surface area contributed by atoms with E-state index in [9.17, 15) is 14.4 Å². The van der Waals surface area contributed by atoms with E-state index < -0.39 is 17.7 Å². The van der Waals surface area contributed by atoms with Crippen LogP contribution in [0.25, 0.3) is 0 Å². The minimum Gasteiger partial charge on any atom is -0.399 e. The Hall–Kier alpha value is -2.41. The molecule has 0 bridgehead atoms. The van der Waals surface area contributed by atoms with E-state index in [0.717, 1.165) is 4.90 Å². The number of carbonyl (C=O) groups is 3. The third-order valence-corrected chi connectivity index (χ3v) is 2.92. The van der Waals surface area contributed by atoms with Crippen LogP contribution < -0.4 is 11.1 Å². The number of benzene rings is 1. The molecule has 106 valence electrons. The first-order valence-corrected chi connectivity index (χ1v) is 6.06. The maximum Gasteiger partial charge on any atom is 0.262 e. The number of hydrogen-bond donors (Lipinski definition) is 2. The van der Waals surface area contributed by atoms with Crippen LogP contribution in [0.1, 0.15) is 20.7 Å². The molecule has 7 nitrogen and oxygen atoms in total.